The zero-order valence-electron chi connectivity index (χ0n) is 13.3. The Bertz CT molecular complexity index is 786. The Morgan fingerprint density at radius 2 is 1.70 bits per heavy atom. The summed E-state index contributed by atoms with van der Waals surface area (Å²) in [7, 11) is -1.65. The van der Waals surface area contributed by atoms with Gasteiger partial charge in [-0.25, -0.2) is 8.42 Å². The largest absolute Gasteiger partial charge is 0.497 e. The van der Waals surface area contributed by atoms with E-state index in [0.29, 0.717) is 4.90 Å². The Labute approximate surface area is 137 Å². The maximum absolute atomic E-state index is 12.3. The van der Waals surface area contributed by atoms with Crippen molar-refractivity contribution < 1.29 is 13.2 Å². The predicted octanol–water partition coefficient (Wildman–Crippen LogP) is 4.13. The molecule has 0 atom stereocenters. The fourth-order valence-electron chi connectivity index (χ4n) is 2.10. The molecule has 0 aliphatic heterocycles. The van der Waals surface area contributed by atoms with Gasteiger partial charge in [0.1, 0.15) is 5.75 Å². The smallest absolute Gasteiger partial charge is 0.182 e. The van der Waals surface area contributed by atoms with Crippen molar-refractivity contribution in [2.75, 3.05) is 12.9 Å². The van der Waals surface area contributed by atoms with Crippen molar-refractivity contribution in [2.24, 2.45) is 0 Å². The first-order valence-corrected chi connectivity index (χ1v) is 8.92. The first kappa shape index (κ1) is 17.0. The summed E-state index contributed by atoms with van der Waals surface area (Å²) >= 11 is 0. The topological polar surface area (TPSA) is 43.4 Å². The van der Waals surface area contributed by atoms with E-state index in [1.54, 1.807) is 37.4 Å². The third-order valence-electron chi connectivity index (χ3n) is 3.31. The molecule has 0 unspecified atom stereocenters. The van der Waals surface area contributed by atoms with Crippen molar-refractivity contribution in [3.05, 3.63) is 77.9 Å². The molecule has 0 N–H and O–H groups in total. The van der Waals surface area contributed by atoms with Gasteiger partial charge in [0.15, 0.2) is 9.84 Å². The molecule has 0 bridgehead atoms. The van der Waals surface area contributed by atoms with Crippen LogP contribution in [0.4, 0.5) is 0 Å². The zero-order valence-corrected chi connectivity index (χ0v) is 14.1. The molecule has 23 heavy (non-hydrogen) atoms. The van der Waals surface area contributed by atoms with E-state index in [1.807, 2.05) is 49.4 Å². The molecule has 0 aliphatic rings. The minimum absolute atomic E-state index is 0.0178. The van der Waals surface area contributed by atoms with Gasteiger partial charge in [-0.1, -0.05) is 54.1 Å². The van der Waals surface area contributed by atoms with Gasteiger partial charge in [-0.05, 0) is 36.8 Å². The van der Waals surface area contributed by atoms with Crippen LogP contribution in [-0.4, -0.2) is 21.3 Å². The van der Waals surface area contributed by atoms with Gasteiger partial charge in [0.05, 0.1) is 17.8 Å². The number of sulfone groups is 1. The van der Waals surface area contributed by atoms with E-state index in [9.17, 15) is 8.42 Å². The molecule has 2 rings (SSSR count). The van der Waals surface area contributed by atoms with E-state index in [4.69, 9.17) is 4.74 Å². The standard InChI is InChI=1S/C19H20O3S/c1-16(15-23(20,21)19-9-4-3-5-10-19)7-6-8-17-11-13-18(22-2)14-12-17/h3-14H,15H2,1-2H3/b8-6+,16-7+. The van der Waals surface area contributed by atoms with Crippen molar-refractivity contribution in [3.63, 3.8) is 0 Å². The van der Waals surface area contributed by atoms with E-state index < -0.39 is 9.84 Å². The number of benzene rings is 2. The minimum atomic E-state index is -3.28. The summed E-state index contributed by atoms with van der Waals surface area (Å²) in [5.74, 6) is 0.826. The van der Waals surface area contributed by atoms with Crippen LogP contribution < -0.4 is 4.74 Å². The predicted molar refractivity (Wildman–Crippen MR) is 94.3 cm³/mol. The van der Waals surface area contributed by atoms with E-state index >= 15 is 0 Å². The number of allylic oxidation sites excluding steroid dienone is 2. The number of methoxy groups -OCH3 is 1. The highest BCUT2D eigenvalue weighted by Crippen LogP contribution is 2.14. The van der Waals surface area contributed by atoms with E-state index in [2.05, 4.69) is 0 Å². The molecule has 4 heteroatoms. The summed E-state index contributed by atoms with van der Waals surface area (Å²) in [6.07, 6.45) is 5.61. The molecule has 0 fully saturated rings. The Kier molecular flexibility index (Phi) is 5.77. The number of hydrogen-bond donors (Lipinski definition) is 0. The maximum atomic E-state index is 12.3. The van der Waals surface area contributed by atoms with Crippen molar-refractivity contribution in [1.29, 1.82) is 0 Å². The van der Waals surface area contributed by atoms with E-state index in [0.717, 1.165) is 16.9 Å². The van der Waals surface area contributed by atoms with Crippen LogP contribution in [0, 0.1) is 0 Å². The van der Waals surface area contributed by atoms with Crippen LogP contribution in [0.15, 0.2) is 77.2 Å². The van der Waals surface area contributed by atoms with Gasteiger partial charge >= 0.3 is 0 Å². The number of ether oxygens (including phenoxy) is 1. The zero-order chi connectivity index (χ0) is 16.7. The highest BCUT2D eigenvalue weighted by Gasteiger charge is 2.13. The lowest BCUT2D eigenvalue weighted by Crippen LogP contribution is -2.07. The highest BCUT2D eigenvalue weighted by atomic mass is 32.2. The molecule has 0 spiro atoms. The second-order valence-corrected chi connectivity index (χ2v) is 7.21. The molecule has 0 radical (unpaired) electrons. The fourth-order valence-corrected chi connectivity index (χ4v) is 3.53. The third-order valence-corrected chi connectivity index (χ3v) is 5.13. The highest BCUT2D eigenvalue weighted by molar-refractivity contribution is 7.91. The fraction of sp³-hybridized carbons (Fsp3) is 0.158. The van der Waals surface area contributed by atoms with Gasteiger partial charge in [0, 0.05) is 0 Å². The molecule has 0 heterocycles. The quantitative estimate of drug-likeness (QED) is 0.749. The maximum Gasteiger partial charge on any atom is 0.182 e. The Morgan fingerprint density at radius 1 is 1.04 bits per heavy atom. The molecule has 120 valence electrons. The van der Waals surface area contributed by atoms with Gasteiger partial charge in [-0.15, -0.1) is 0 Å². The second-order valence-electron chi connectivity index (χ2n) is 5.22. The van der Waals surface area contributed by atoms with Crippen LogP contribution in [0.2, 0.25) is 0 Å². The van der Waals surface area contributed by atoms with Crippen LogP contribution in [0.5, 0.6) is 5.75 Å². The lowest BCUT2D eigenvalue weighted by atomic mass is 10.2. The van der Waals surface area contributed by atoms with Crippen LogP contribution >= 0.6 is 0 Å². The number of hydrogen-bond acceptors (Lipinski definition) is 3. The summed E-state index contributed by atoms with van der Waals surface area (Å²) in [5, 5.41) is 0. The minimum Gasteiger partial charge on any atom is -0.497 e. The monoisotopic (exact) mass is 328 g/mol. The van der Waals surface area contributed by atoms with Crippen LogP contribution in [0.1, 0.15) is 12.5 Å². The number of rotatable bonds is 6. The average Bonchev–Trinajstić information content (AvgIpc) is 2.56. The molecule has 0 aliphatic carbocycles. The summed E-state index contributed by atoms with van der Waals surface area (Å²) in [4.78, 5) is 0.354. The first-order valence-electron chi connectivity index (χ1n) is 7.27. The molecule has 0 aromatic heterocycles. The Hall–Kier alpha value is -2.33. The van der Waals surface area contributed by atoms with Crippen molar-refractivity contribution >= 4 is 15.9 Å². The molecule has 2 aromatic rings. The van der Waals surface area contributed by atoms with Gasteiger partial charge in [0.2, 0.25) is 0 Å². The SMILES string of the molecule is COc1ccc(/C=C/C=C(\C)CS(=O)(=O)c2ccccc2)cc1. The summed E-state index contributed by atoms with van der Waals surface area (Å²) < 4.78 is 29.6. The van der Waals surface area contributed by atoms with Crippen molar-refractivity contribution in [3.8, 4) is 5.75 Å². The summed E-state index contributed by atoms with van der Waals surface area (Å²) in [5.41, 5.74) is 1.82. The summed E-state index contributed by atoms with van der Waals surface area (Å²) in [6.45, 7) is 1.82. The van der Waals surface area contributed by atoms with E-state index in [-0.39, 0.29) is 5.75 Å². The molecule has 0 saturated heterocycles. The lowest BCUT2D eigenvalue weighted by molar-refractivity contribution is 0.415. The van der Waals surface area contributed by atoms with Crippen LogP contribution in [-0.2, 0) is 9.84 Å². The second kappa shape index (κ2) is 7.79. The van der Waals surface area contributed by atoms with Gasteiger partial charge in [-0.3, -0.25) is 0 Å². The molecule has 0 saturated carbocycles. The lowest BCUT2D eigenvalue weighted by Gasteiger charge is -2.04. The van der Waals surface area contributed by atoms with Crippen LogP contribution in [0.3, 0.4) is 0 Å². The van der Waals surface area contributed by atoms with Crippen molar-refractivity contribution in [1.82, 2.24) is 0 Å². The third kappa shape index (κ3) is 5.11. The van der Waals surface area contributed by atoms with Crippen molar-refractivity contribution in [2.45, 2.75) is 11.8 Å². The molecular weight excluding hydrogens is 308 g/mol. The molecule has 3 nitrogen and oxygen atoms in total. The Morgan fingerprint density at radius 3 is 2.30 bits per heavy atom. The average molecular weight is 328 g/mol. The van der Waals surface area contributed by atoms with E-state index in [1.165, 1.54) is 0 Å². The molecular formula is C19H20O3S. The van der Waals surface area contributed by atoms with Gasteiger partial charge in [-0.2, -0.15) is 0 Å². The Balaban J connectivity index is 2.03. The summed E-state index contributed by atoms with van der Waals surface area (Å²) in [6, 6.07) is 16.2. The van der Waals surface area contributed by atoms with Crippen LogP contribution in [0.25, 0.3) is 6.08 Å². The van der Waals surface area contributed by atoms with Gasteiger partial charge < -0.3 is 4.74 Å². The normalized spacial score (nSPS) is 12.5. The first-order chi connectivity index (χ1) is 11.0. The van der Waals surface area contributed by atoms with Gasteiger partial charge in [0.25, 0.3) is 0 Å². The molecule has 0 amide bonds. The molecule has 2 aromatic carbocycles.